The number of aryl methyl sites for hydroxylation is 3. The van der Waals surface area contributed by atoms with Gasteiger partial charge in [0.15, 0.2) is 0 Å². The topological polar surface area (TPSA) is 106 Å². The molecule has 1 atom stereocenters. The van der Waals surface area contributed by atoms with Gasteiger partial charge in [0.05, 0.1) is 23.0 Å². The lowest BCUT2D eigenvalue weighted by atomic mass is 9.94. The maximum Gasteiger partial charge on any atom is 0.263 e. The number of nitrogens with one attached hydrogen (secondary N) is 2. The fourth-order valence-electron chi connectivity index (χ4n) is 4.88. The van der Waals surface area contributed by atoms with E-state index >= 15 is 0 Å². The molecule has 0 bridgehead atoms. The van der Waals surface area contributed by atoms with Crippen molar-refractivity contribution >= 4 is 56.3 Å². The third-order valence-electron chi connectivity index (χ3n) is 6.78. The van der Waals surface area contributed by atoms with Gasteiger partial charge in [0.25, 0.3) is 11.8 Å². The number of hydrogen-bond donors (Lipinski definition) is 3. The van der Waals surface area contributed by atoms with Crippen LogP contribution < -0.4 is 16.4 Å². The van der Waals surface area contributed by atoms with Crippen LogP contribution >= 0.6 is 22.9 Å². The SMILES string of the molecule is Cc1ccc(NC(=O)c2c(C)nc3sc(C(=O)NCC4CCCO4)c(N)c3c2-c2ccccc2Cl)c(C)c1. The van der Waals surface area contributed by atoms with Crippen molar-refractivity contribution < 1.29 is 14.3 Å². The van der Waals surface area contributed by atoms with Crippen LogP contribution in [-0.2, 0) is 4.74 Å². The first-order valence-electron chi connectivity index (χ1n) is 12.5. The predicted molar refractivity (Wildman–Crippen MR) is 154 cm³/mol. The Morgan fingerprint density at radius 1 is 1.16 bits per heavy atom. The van der Waals surface area contributed by atoms with Crippen LogP contribution in [0.15, 0.2) is 42.5 Å². The van der Waals surface area contributed by atoms with Gasteiger partial charge in [0.2, 0.25) is 0 Å². The zero-order valence-electron chi connectivity index (χ0n) is 21.5. The second-order valence-corrected chi connectivity index (χ2v) is 11.0. The highest BCUT2D eigenvalue weighted by molar-refractivity contribution is 7.21. The predicted octanol–water partition coefficient (Wildman–Crippen LogP) is 6.29. The summed E-state index contributed by atoms with van der Waals surface area (Å²) < 4.78 is 5.63. The van der Waals surface area contributed by atoms with E-state index in [1.165, 1.54) is 11.3 Å². The van der Waals surface area contributed by atoms with Crippen LogP contribution in [0.4, 0.5) is 11.4 Å². The minimum atomic E-state index is -0.325. The molecule has 0 saturated carbocycles. The number of amides is 2. The number of hydrogen-bond acceptors (Lipinski definition) is 6. The summed E-state index contributed by atoms with van der Waals surface area (Å²) in [6.45, 7) is 6.86. The Balaban J connectivity index is 1.63. The molecular weight excluding hydrogens is 520 g/mol. The summed E-state index contributed by atoms with van der Waals surface area (Å²) in [4.78, 5) is 32.6. The Bertz CT molecular complexity index is 1560. The Morgan fingerprint density at radius 3 is 2.66 bits per heavy atom. The van der Waals surface area contributed by atoms with E-state index in [4.69, 9.17) is 27.1 Å². The van der Waals surface area contributed by atoms with Crippen molar-refractivity contribution in [3.05, 3.63) is 74.7 Å². The molecule has 0 spiro atoms. The summed E-state index contributed by atoms with van der Waals surface area (Å²) in [6.07, 6.45) is 1.91. The fourth-order valence-corrected chi connectivity index (χ4v) is 6.17. The van der Waals surface area contributed by atoms with E-state index in [1.54, 1.807) is 13.0 Å². The third-order valence-corrected chi connectivity index (χ3v) is 8.21. The Kier molecular flexibility index (Phi) is 7.38. The van der Waals surface area contributed by atoms with E-state index in [2.05, 4.69) is 10.6 Å². The standard InChI is InChI=1S/C29H29ClN4O3S/c1-15-10-11-21(16(2)13-15)34-27(35)22-17(3)33-29-24(23(22)19-8-4-5-9-20(19)30)25(31)26(38-29)28(36)32-14-18-7-6-12-37-18/h4-5,8-11,13,18H,6-7,12,14,31H2,1-3H3,(H,32,36)(H,34,35). The number of aromatic nitrogens is 1. The lowest BCUT2D eigenvalue weighted by molar-refractivity contribution is 0.0861. The number of pyridine rings is 1. The molecule has 2 aromatic carbocycles. The number of fused-ring (bicyclic) bond motifs is 1. The van der Waals surface area contributed by atoms with Crippen LogP contribution in [0.3, 0.4) is 0 Å². The van der Waals surface area contributed by atoms with Crippen molar-refractivity contribution in [3.8, 4) is 11.1 Å². The van der Waals surface area contributed by atoms with Crippen LogP contribution in [-0.4, -0.2) is 36.1 Å². The van der Waals surface area contributed by atoms with Gasteiger partial charge in [-0.05, 0) is 51.3 Å². The molecule has 1 unspecified atom stereocenters. The van der Waals surface area contributed by atoms with Crippen LogP contribution in [0.2, 0.25) is 5.02 Å². The Hall–Kier alpha value is -3.46. The fraction of sp³-hybridized carbons (Fsp3) is 0.276. The lowest BCUT2D eigenvalue weighted by Crippen LogP contribution is -2.31. The molecule has 0 aliphatic carbocycles. The molecule has 7 nitrogen and oxygen atoms in total. The van der Waals surface area contributed by atoms with Crippen molar-refractivity contribution in [3.63, 3.8) is 0 Å². The first-order chi connectivity index (χ1) is 18.2. The molecule has 4 aromatic rings. The number of nitrogen functional groups attached to an aromatic ring is 1. The van der Waals surface area contributed by atoms with E-state index in [-0.39, 0.29) is 23.6 Å². The van der Waals surface area contributed by atoms with Gasteiger partial charge >= 0.3 is 0 Å². The van der Waals surface area contributed by atoms with Crippen molar-refractivity contribution in [1.29, 1.82) is 0 Å². The number of benzene rings is 2. The summed E-state index contributed by atoms with van der Waals surface area (Å²) in [6, 6.07) is 13.1. The summed E-state index contributed by atoms with van der Waals surface area (Å²) in [5.74, 6) is -0.612. The average molecular weight is 549 g/mol. The highest BCUT2D eigenvalue weighted by Crippen LogP contribution is 2.44. The molecule has 9 heteroatoms. The minimum absolute atomic E-state index is 0.00846. The van der Waals surface area contributed by atoms with Gasteiger partial charge in [-0.25, -0.2) is 4.98 Å². The molecule has 3 heterocycles. The van der Waals surface area contributed by atoms with Gasteiger partial charge in [0, 0.05) is 40.4 Å². The van der Waals surface area contributed by atoms with E-state index < -0.39 is 0 Å². The third kappa shape index (κ3) is 4.99. The molecule has 5 rings (SSSR count). The number of carbonyl (C=O) groups excluding carboxylic acids is 2. The van der Waals surface area contributed by atoms with E-state index in [0.717, 1.165) is 24.0 Å². The molecule has 1 aliphatic heterocycles. The molecule has 4 N–H and O–H groups in total. The van der Waals surface area contributed by atoms with Gasteiger partial charge in [-0.2, -0.15) is 0 Å². The maximum atomic E-state index is 13.8. The number of rotatable bonds is 6. The monoisotopic (exact) mass is 548 g/mol. The van der Waals surface area contributed by atoms with Crippen LogP contribution in [0, 0.1) is 20.8 Å². The number of nitrogens with zero attached hydrogens (tertiary/aromatic N) is 1. The number of carbonyl (C=O) groups is 2. The summed E-state index contributed by atoms with van der Waals surface area (Å²) in [5.41, 5.74) is 11.7. The van der Waals surface area contributed by atoms with Crippen molar-refractivity contribution in [2.75, 3.05) is 24.2 Å². The number of thiophene rings is 1. The molecule has 196 valence electrons. The zero-order valence-corrected chi connectivity index (χ0v) is 23.1. The molecule has 1 saturated heterocycles. The summed E-state index contributed by atoms with van der Waals surface area (Å²) >= 11 is 7.86. The van der Waals surface area contributed by atoms with Crippen molar-refractivity contribution in [2.24, 2.45) is 0 Å². The first-order valence-corrected chi connectivity index (χ1v) is 13.7. The molecular formula is C29H29ClN4O3S. The highest BCUT2D eigenvalue weighted by atomic mass is 35.5. The van der Waals surface area contributed by atoms with Crippen LogP contribution in [0.5, 0.6) is 0 Å². The molecule has 0 radical (unpaired) electrons. The first kappa shape index (κ1) is 26.2. The van der Waals surface area contributed by atoms with Gasteiger partial charge in [-0.3, -0.25) is 9.59 Å². The van der Waals surface area contributed by atoms with Gasteiger partial charge in [0.1, 0.15) is 9.71 Å². The Labute approximate surface area is 230 Å². The van der Waals surface area contributed by atoms with Crippen molar-refractivity contribution in [1.82, 2.24) is 10.3 Å². The highest BCUT2D eigenvalue weighted by Gasteiger charge is 2.28. The normalized spacial score (nSPS) is 15.1. The molecule has 1 aliphatic rings. The van der Waals surface area contributed by atoms with Gasteiger partial charge < -0.3 is 21.1 Å². The number of nitrogens with two attached hydrogens (primary N) is 1. The molecule has 2 amide bonds. The van der Waals surface area contributed by atoms with Gasteiger partial charge in [-0.1, -0.05) is 47.5 Å². The average Bonchev–Trinajstić information content (AvgIpc) is 3.52. The van der Waals surface area contributed by atoms with Crippen LogP contribution in [0.1, 0.15) is 49.7 Å². The van der Waals surface area contributed by atoms with E-state index in [1.807, 2.05) is 50.2 Å². The second-order valence-electron chi connectivity index (χ2n) is 9.57. The number of halogens is 1. The quantitative estimate of drug-likeness (QED) is 0.263. The largest absolute Gasteiger partial charge is 0.397 e. The van der Waals surface area contributed by atoms with Crippen molar-refractivity contribution in [2.45, 2.75) is 39.7 Å². The smallest absolute Gasteiger partial charge is 0.263 e. The minimum Gasteiger partial charge on any atom is -0.397 e. The number of ether oxygens (including phenoxy) is 1. The van der Waals surface area contributed by atoms with E-state index in [9.17, 15) is 9.59 Å². The maximum absolute atomic E-state index is 13.8. The Morgan fingerprint density at radius 2 is 1.95 bits per heavy atom. The second kappa shape index (κ2) is 10.7. The number of anilines is 2. The van der Waals surface area contributed by atoms with Crippen LogP contribution in [0.25, 0.3) is 21.3 Å². The zero-order chi connectivity index (χ0) is 27.0. The molecule has 2 aromatic heterocycles. The van der Waals surface area contributed by atoms with E-state index in [0.29, 0.717) is 61.3 Å². The lowest BCUT2D eigenvalue weighted by Gasteiger charge is -2.17. The summed E-state index contributed by atoms with van der Waals surface area (Å²) in [5, 5.41) is 6.99. The van der Waals surface area contributed by atoms with Gasteiger partial charge in [-0.15, -0.1) is 11.3 Å². The summed E-state index contributed by atoms with van der Waals surface area (Å²) in [7, 11) is 0. The molecule has 38 heavy (non-hydrogen) atoms. The molecule has 1 fully saturated rings.